The number of halogens is 2. The molecule has 1 aromatic rings. The Bertz CT molecular complexity index is 421. The second-order valence-corrected chi connectivity index (χ2v) is 4.36. The smallest absolute Gasteiger partial charge is 0.323 e. The molecule has 5 heteroatoms. The molecule has 0 saturated carbocycles. The molecule has 1 rings (SSSR count). The van der Waals surface area contributed by atoms with E-state index in [0.29, 0.717) is 5.56 Å². The average Bonchev–Trinajstić information content (AvgIpc) is 2.31. The van der Waals surface area contributed by atoms with Crippen molar-refractivity contribution in [3.05, 3.63) is 35.4 Å². The van der Waals surface area contributed by atoms with E-state index in [4.69, 9.17) is 0 Å². The fourth-order valence-corrected chi connectivity index (χ4v) is 1.60. The number of carbonyl (C=O) groups is 1. The van der Waals surface area contributed by atoms with Gasteiger partial charge in [0.1, 0.15) is 17.7 Å². The summed E-state index contributed by atoms with van der Waals surface area (Å²) in [5, 5.41) is 2.91. The number of ether oxygens (including phenoxy) is 1. The van der Waals surface area contributed by atoms with Gasteiger partial charge >= 0.3 is 5.97 Å². The Labute approximate surface area is 105 Å². The number of esters is 1. The van der Waals surface area contributed by atoms with Crippen LogP contribution in [-0.4, -0.2) is 19.1 Å². The molecule has 1 aromatic carbocycles. The molecule has 3 nitrogen and oxygen atoms in total. The maximum atomic E-state index is 13.4. The van der Waals surface area contributed by atoms with Crippen molar-refractivity contribution < 1.29 is 18.3 Å². The first kappa shape index (κ1) is 14.6. The number of carbonyl (C=O) groups excluding carboxylic acids is 1. The zero-order chi connectivity index (χ0) is 13.7. The van der Waals surface area contributed by atoms with Crippen LogP contribution in [0.4, 0.5) is 8.78 Å². The minimum atomic E-state index is -0.630. The molecule has 0 aliphatic heterocycles. The Morgan fingerprint density at radius 2 is 2.06 bits per heavy atom. The van der Waals surface area contributed by atoms with Gasteiger partial charge in [-0.05, 0) is 12.0 Å². The Balaban J connectivity index is 2.70. The summed E-state index contributed by atoms with van der Waals surface area (Å²) in [6.07, 6.45) is 0. The van der Waals surface area contributed by atoms with Crippen LogP contribution in [0.1, 0.15) is 19.4 Å². The van der Waals surface area contributed by atoms with E-state index < -0.39 is 23.6 Å². The van der Waals surface area contributed by atoms with Gasteiger partial charge in [-0.1, -0.05) is 19.9 Å². The lowest BCUT2D eigenvalue weighted by molar-refractivity contribution is -0.144. The minimum absolute atomic E-state index is 0.0148. The molecule has 18 heavy (non-hydrogen) atoms. The van der Waals surface area contributed by atoms with Crippen LogP contribution in [0.3, 0.4) is 0 Å². The highest BCUT2D eigenvalue weighted by Gasteiger charge is 2.22. The van der Waals surface area contributed by atoms with Gasteiger partial charge in [0.2, 0.25) is 0 Å². The molecule has 0 aliphatic rings. The monoisotopic (exact) mass is 257 g/mol. The molecule has 0 aromatic heterocycles. The Kier molecular flexibility index (Phi) is 5.22. The molecule has 0 heterocycles. The van der Waals surface area contributed by atoms with Crippen LogP contribution < -0.4 is 5.32 Å². The third kappa shape index (κ3) is 3.77. The first-order valence-electron chi connectivity index (χ1n) is 5.70. The highest BCUT2D eigenvalue weighted by atomic mass is 19.1. The first-order valence-corrected chi connectivity index (χ1v) is 5.70. The lowest BCUT2D eigenvalue weighted by Crippen LogP contribution is -2.41. The second-order valence-electron chi connectivity index (χ2n) is 4.36. The van der Waals surface area contributed by atoms with Gasteiger partial charge in [0.15, 0.2) is 0 Å². The van der Waals surface area contributed by atoms with E-state index >= 15 is 0 Å². The number of benzene rings is 1. The van der Waals surface area contributed by atoms with Crippen molar-refractivity contribution in [2.75, 3.05) is 7.11 Å². The van der Waals surface area contributed by atoms with E-state index in [9.17, 15) is 13.6 Å². The van der Waals surface area contributed by atoms with E-state index in [2.05, 4.69) is 10.1 Å². The number of hydrogen-bond donors (Lipinski definition) is 1. The first-order chi connectivity index (χ1) is 8.45. The summed E-state index contributed by atoms with van der Waals surface area (Å²) in [7, 11) is 1.30. The summed E-state index contributed by atoms with van der Waals surface area (Å²) >= 11 is 0. The van der Waals surface area contributed by atoms with Crippen LogP contribution in [0.25, 0.3) is 0 Å². The molecular formula is C13H17F2NO2. The van der Waals surface area contributed by atoms with Crippen molar-refractivity contribution in [3.8, 4) is 0 Å². The quantitative estimate of drug-likeness (QED) is 0.822. The average molecular weight is 257 g/mol. The Hall–Kier alpha value is -1.49. The fourth-order valence-electron chi connectivity index (χ4n) is 1.60. The van der Waals surface area contributed by atoms with Gasteiger partial charge in [-0.2, -0.15) is 0 Å². The molecule has 1 N–H and O–H groups in total. The second kappa shape index (κ2) is 6.44. The van der Waals surface area contributed by atoms with E-state index in [0.717, 1.165) is 6.07 Å². The molecule has 1 atom stereocenters. The predicted molar refractivity (Wildman–Crippen MR) is 63.8 cm³/mol. The maximum Gasteiger partial charge on any atom is 0.323 e. The third-order valence-electron chi connectivity index (χ3n) is 2.65. The molecule has 100 valence electrons. The number of nitrogens with one attached hydrogen (secondary N) is 1. The van der Waals surface area contributed by atoms with Crippen molar-refractivity contribution in [3.63, 3.8) is 0 Å². The number of rotatable bonds is 5. The number of methoxy groups -OCH3 is 1. The SMILES string of the molecule is COC(=O)[C@H](NCc1ccc(F)cc1F)C(C)C. The molecule has 0 bridgehead atoms. The highest BCUT2D eigenvalue weighted by Crippen LogP contribution is 2.11. The van der Waals surface area contributed by atoms with Crippen molar-refractivity contribution in [2.45, 2.75) is 26.4 Å². The van der Waals surface area contributed by atoms with E-state index in [-0.39, 0.29) is 12.5 Å². The normalized spacial score (nSPS) is 12.6. The van der Waals surface area contributed by atoms with Gasteiger partial charge < -0.3 is 4.74 Å². The van der Waals surface area contributed by atoms with E-state index in [1.54, 1.807) is 0 Å². The van der Waals surface area contributed by atoms with Gasteiger partial charge in [-0.3, -0.25) is 10.1 Å². The van der Waals surface area contributed by atoms with Crippen LogP contribution >= 0.6 is 0 Å². The zero-order valence-corrected chi connectivity index (χ0v) is 10.7. The lowest BCUT2D eigenvalue weighted by atomic mass is 10.0. The predicted octanol–water partition coefficient (Wildman–Crippen LogP) is 2.25. The fraction of sp³-hybridized carbons (Fsp3) is 0.462. The summed E-state index contributed by atoms with van der Waals surface area (Å²) in [6, 6.07) is 2.84. The molecule has 0 unspecified atom stereocenters. The van der Waals surface area contributed by atoms with Gasteiger partial charge in [0.25, 0.3) is 0 Å². The van der Waals surface area contributed by atoms with E-state index in [1.807, 2.05) is 13.8 Å². The summed E-state index contributed by atoms with van der Waals surface area (Å²) < 4.78 is 30.8. The maximum absolute atomic E-state index is 13.4. The largest absolute Gasteiger partial charge is 0.468 e. The van der Waals surface area contributed by atoms with Crippen LogP contribution in [0.15, 0.2) is 18.2 Å². The molecule has 0 aliphatic carbocycles. The lowest BCUT2D eigenvalue weighted by Gasteiger charge is -2.20. The topological polar surface area (TPSA) is 38.3 Å². The van der Waals surface area contributed by atoms with Crippen molar-refractivity contribution in [1.29, 1.82) is 0 Å². The van der Waals surface area contributed by atoms with Gasteiger partial charge in [0, 0.05) is 18.2 Å². The summed E-state index contributed by atoms with van der Waals surface area (Å²) in [5.74, 6) is -1.63. The number of hydrogen-bond acceptors (Lipinski definition) is 3. The van der Waals surface area contributed by atoms with Gasteiger partial charge in [-0.25, -0.2) is 8.78 Å². The van der Waals surface area contributed by atoms with Crippen LogP contribution in [0, 0.1) is 17.6 Å². The standard InChI is InChI=1S/C13H17F2NO2/c1-8(2)12(13(17)18-3)16-7-9-4-5-10(14)6-11(9)15/h4-6,8,12,16H,7H2,1-3H3/t12-/m1/s1. The minimum Gasteiger partial charge on any atom is -0.468 e. The Morgan fingerprint density at radius 3 is 2.56 bits per heavy atom. The molecule has 0 saturated heterocycles. The molecular weight excluding hydrogens is 240 g/mol. The summed E-state index contributed by atoms with van der Waals surface area (Å²) in [4.78, 5) is 11.5. The van der Waals surface area contributed by atoms with Crippen molar-refractivity contribution in [2.24, 2.45) is 5.92 Å². The van der Waals surface area contributed by atoms with Gasteiger partial charge in [0.05, 0.1) is 7.11 Å². The van der Waals surface area contributed by atoms with Crippen LogP contribution in [-0.2, 0) is 16.1 Å². The molecule has 0 amide bonds. The highest BCUT2D eigenvalue weighted by molar-refractivity contribution is 5.75. The third-order valence-corrected chi connectivity index (χ3v) is 2.65. The zero-order valence-electron chi connectivity index (χ0n) is 10.7. The summed E-state index contributed by atoms with van der Waals surface area (Å²) in [6.45, 7) is 3.86. The van der Waals surface area contributed by atoms with Gasteiger partial charge in [-0.15, -0.1) is 0 Å². The van der Waals surface area contributed by atoms with Crippen molar-refractivity contribution in [1.82, 2.24) is 5.32 Å². The summed E-state index contributed by atoms with van der Waals surface area (Å²) in [5.41, 5.74) is 0.311. The Morgan fingerprint density at radius 1 is 1.39 bits per heavy atom. The molecule has 0 fully saturated rings. The molecule has 0 radical (unpaired) electrons. The van der Waals surface area contributed by atoms with Crippen molar-refractivity contribution >= 4 is 5.97 Å². The van der Waals surface area contributed by atoms with Crippen LogP contribution in [0.5, 0.6) is 0 Å². The molecule has 0 spiro atoms. The van der Waals surface area contributed by atoms with Crippen LogP contribution in [0.2, 0.25) is 0 Å². The van der Waals surface area contributed by atoms with E-state index in [1.165, 1.54) is 19.2 Å².